The van der Waals surface area contributed by atoms with Gasteiger partial charge >= 0.3 is 29.6 Å². The molecule has 384 valence electrons. The van der Waals surface area contributed by atoms with Crippen molar-refractivity contribution in [2.24, 2.45) is 23.7 Å². The summed E-state index contributed by atoms with van der Waals surface area (Å²) in [6.45, 7) is 9.37. The van der Waals surface area contributed by atoms with Crippen molar-refractivity contribution in [3.63, 3.8) is 0 Å². The predicted molar refractivity (Wildman–Crippen MR) is 268 cm³/mol. The van der Waals surface area contributed by atoms with Crippen molar-refractivity contribution in [1.82, 2.24) is 10.2 Å². The molecule has 17 nitrogen and oxygen atoms in total. The number of rotatable bonds is 12. The van der Waals surface area contributed by atoms with E-state index in [9.17, 15) is 53.5 Å². The molecule has 2 saturated heterocycles. The van der Waals surface area contributed by atoms with Gasteiger partial charge in [0, 0.05) is 67.5 Å². The standard InChI is InChI=1S/C24H30N2O3S.C14H20N2O2S.C10H12O5S.CH4O3S.Na/c1-3-24(19-9-6-10-20(11-19)25-30(2,28)29)21-14-26(15-22(21)24)16-23(27)12-17-7-4-5-8-18(17)13-23;1-3-14(12-8-15-9-13(12)14)10-5-4-6-11(7-10)16-19(2,17)18;11-9(16(13,14)15)10(12)5-7-3-1-2-4-8(7)6-10;1-5(2,3)4;/h4-11,21-22,25,27H,3,12-16H2,1-2H3;4-7,12-13,15-16H,3,8-9H2,1-2H3;1-4,9,11-12H,5-6H2,(H,13,14,15);1H3,(H,2,3,4);/q;;;;+1/p-1/t21-,22+,24?;12-,13+,14?;;;. The number of hydrogen-bond donors (Lipinski definition) is 7. The van der Waals surface area contributed by atoms with E-state index in [0.717, 1.165) is 69.5 Å². The number of β-amino-alcohol motifs (C(OH)–C–C–N with tert-alkyl or cyclic N) is 1. The van der Waals surface area contributed by atoms with Crippen LogP contribution in [0, 0.1) is 23.7 Å². The Bertz CT molecular complexity index is 2950. The minimum absolute atomic E-state index is 0. The van der Waals surface area contributed by atoms with Crippen molar-refractivity contribution in [3.8, 4) is 0 Å². The molecule has 7 atom stereocenters. The van der Waals surface area contributed by atoms with Crippen LogP contribution in [0.15, 0.2) is 97.1 Å². The number of fused-ring (bicyclic) bond motifs is 4. The zero-order valence-electron chi connectivity index (χ0n) is 40.9. The van der Waals surface area contributed by atoms with E-state index < -0.39 is 56.9 Å². The topological polar surface area (TPSA) is 280 Å². The molecule has 0 bridgehead atoms. The second-order valence-electron chi connectivity index (χ2n) is 20.1. The van der Waals surface area contributed by atoms with Crippen LogP contribution < -0.4 is 44.3 Å². The number of hydrogen-bond acceptors (Lipinski definition) is 14. The number of nitrogens with zero attached hydrogens (tertiary/aromatic N) is 1. The SMILES string of the molecule is CCC1(c2cccc(NS(C)(=O)=O)c2)[C@@H]2CN(CC3(O)Cc4ccccc4C3)C[C@@H]21.CCC1(c2cccc(NS(C)(=O)=O)c2)[C@@H]2CNC[C@@H]21.CS(=O)(=O)O.O=S(=O)([O-])C(O)C1(O)Cc2ccccc2C1.[Na+]. The zero-order chi connectivity index (χ0) is 51.3. The number of anilines is 2. The summed E-state index contributed by atoms with van der Waals surface area (Å²) in [5.41, 5.74) is 3.46. The molecule has 2 aliphatic heterocycles. The first-order valence-corrected chi connectivity index (χ1v) is 30.4. The predicted octanol–water partition coefficient (Wildman–Crippen LogP) is 0.240. The normalized spacial score (nSPS) is 26.7. The van der Waals surface area contributed by atoms with Gasteiger partial charge in [0.2, 0.25) is 20.0 Å². The average Bonchev–Trinajstić information content (AvgIpc) is 3.60. The second kappa shape index (κ2) is 21.3. The van der Waals surface area contributed by atoms with E-state index in [1.54, 1.807) is 24.3 Å². The van der Waals surface area contributed by atoms with Gasteiger partial charge in [0.05, 0.1) is 24.4 Å². The van der Waals surface area contributed by atoms with Gasteiger partial charge in [-0.15, -0.1) is 0 Å². The summed E-state index contributed by atoms with van der Waals surface area (Å²) in [6, 6.07) is 31.1. The Balaban J connectivity index is 0.000000174. The monoisotopic (exact) mass is 1070 g/mol. The second-order valence-corrected chi connectivity index (χ2v) is 26.5. The third-order valence-corrected chi connectivity index (χ3v) is 17.3. The van der Waals surface area contributed by atoms with Crippen LogP contribution in [0.4, 0.5) is 11.4 Å². The van der Waals surface area contributed by atoms with E-state index in [4.69, 9.17) is 4.55 Å². The van der Waals surface area contributed by atoms with Crippen molar-refractivity contribution < 1.29 is 87.7 Å². The fourth-order valence-corrected chi connectivity index (χ4v) is 14.2. The smallest absolute Gasteiger partial charge is 0.746 e. The molecule has 10 rings (SSSR count). The van der Waals surface area contributed by atoms with Gasteiger partial charge in [0.15, 0.2) is 5.44 Å². The molecule has 2 heterocycles. The van der Waals surface area contributed by atoms with Crippen LogP contribution in [-0.4, -0.2) is 131 Å². The van der Waals surface area contributed by atoms with Crippen LogP contribution in [0.5, 0.6) is 0 Å². The first kappa shape index (κ1) is 57.3. The maximum atomic E-state index is 11.6. The Labute approximate surface area is 441 Å². The van der Waals surface area contributed by atoms with E-state index in [-0.39, 0.29) is 53.2 Å². The molecule has 2 saturated carbocycles. The van der Waals surface area contributed by atoms with E-state index in [1.807, 2.05) is 36.4 Å². The molecule has 4 aromatic rings. The number of sulfonamides is 2. The van der Waals surface area contributed by atoms with Crippen LogP contribution in [0.1, 0.15) is 60.1 Å². The maximum Gasteiger partial charge on any atom is 1.00 e. The molecule has 0 radical (unpaired) electrons. The Morgan fingerprint density at radius 2 is 1.00 bits per heavy atom. The summed E-state index contributed by atoms with van der Waals surface area (Å²) >= 11 is 0. The van der Waals surface area contributed by atoms with Gasteiger partial charge < -0.3 is 25.2 Å². The Hall–Kier alpha value is -3.00. The fourth-order valence-electron chi connectivity index (χ4n) is 12.3. The maximum absolute atomic E-state index is 11.6. The first-order chi connectivity index (χ1) is 32.5. The first-order valence-electron chi connectivity index (χ1n) is 23.3. The number of aliphatic hydroxyl groups is 3. The van der Waals surface area contributed by atoms with Crippen molar-refractivity contribution in [2.45, 2.75) is 79.8 Å². The third-order valence-electron chi connectivity index (χ3n) is 15.1. The zero-order valence-corrected chi connectivity index (χ0v) is 46.2. The molecule has 4 aliphatic carbocycles. The summed E-state index contributed by atoms with van der Waals surface area (Å²) in [7, 11) is -15.1. The number of nitrogens with one attached hydrogen (secondary N) is 3. The molecular formula is C49H65N4NaO13S4. The fraction of sp³-hybridized carbons (Fsp3) is 0.510. The number of aliphatic hydroxyl groups excluding tert-OH is 1. The molecule has 7 N–H and O–H groups in total. The molecule has 6 aliphatic rings. The Kier molecular flexibility index (Phi) is 17.2. The van der Waals surface area contributed by atoms with Crippen molar-refractivity contribution in [2.75, 3.05) is 60.9 Å². The van der Waals surface area contributed by atoms with Gasteiger partial charge in [-0.2, -0.15) is 8.42 Å². The van der Waals surface area contributed by atoms with Crippen LogP contribution >= 0.6 is 0 Å². The van der Waals surface area contributed by atoms with Crippen molar-refractivity contribution >= 4 is 51.7 Å². The minimum Gasteiger partial charge on any atom is -0.746 e. The van der Waals surface area contributed by atoms with E-state index in [1.165, 1.54) is 34.8 Å². The van der Waals surface area contributed by atoms with Crippen LogP contribution in [-0.2, 0) is 76.8 Å². The van der Waals surface area contributed by atoms with Crippen LogP contribution in [0.3, 0.4) is 0 Å². The average molecular weight is 1070 g/mol. The van der Waals surface area contributed by atoms with E-state index in [2.05, 4.69) is 69.9 Å². The molecule has 0 aromatic heterocycles. The quantitative estimate of drug-likeness (QED) is 0.0740. The van der Waals surface area contributed by atoms with Crippen LogP contribution in [0.25, 0.3) is 0 Å². The molecule has 4 fully saturated rings. The third kappa shape index (κ3) is 13.3. The molecule has 0 spiro atoms. The summed E-state index contributed by atoms with van der Waals surface area (Å²) in [6.07, 6.45) is 6.70. The number of piperidine rings is 2. The van der Waals surface area contributed by atoms with Crippen molar-refractivity contribution in [3.05, 3.63) is 130 Å². The van der Waals surface area contributed by atoms with Crippen molar-refractivity contribution in [1.29, 1.82) is 0 Å². The van der Waals surface area contributed by atoms with Gasteiger partial charge in [-0.1, -0.05) is 86.6 Å². The molecular weight excluding hydrogens is 1000 g/mol. The molecule has 0 amide bonds. The summed E-state index contributed by atoms with van der Waals surface area (Å²) in [4.78, 5) is 2.44. The molecule has 3 unspecified atom stereocenters. The van der Waals surface area contributed by atoms with Gasteiger partial charge in [-0.25, -0.2) is 25.3 Å². The van der Waals surface area contributed by atoms with Gasteiger partial charge in [0.1, 0.15) is 15.7 Å². The molecule has 4 aromatic carbocycles. The van der Waals surface area contributed by atoms with Gasteiger partial charge in [0.25, 0.3) is 10.1 Å². The summed E-state index contributed by atoms with van der Waals surface area (Å²) in [5, 5.41) is 34.0. The largest absolute Gasteiger partial charge is 1.00 e. The molecule has 22 heteroatoms. The van der Waals surface area contributed by atoms with Crippen LogP contribution in [0.2, 0.25) is 0 Å². The van der Waals surface area contributed by atoms with E-state index >= 15 is 0 Å². The summed E-state index contributed by atoms with van der Waals surface area (Å²) < 4.78 is 109. The van der Waals surface area contributed by atoms with Gasteiger partial charge in [-0.3, -0.25) is 18.9 Å². The summed E-state index contributed by atoms with van der Waals surface area (Å²) in [5.74, 6) is 2.57. The van der Waals surface area contributed by atoms with E-state index in [0.29, 0.717) is 41.3 Å². The Morgan fingerprint density at radius 3 is 1.35 bits per heavy atom. The van der Waals surface area contributed by atoms with Gasteiger partial charge in [-0.05, 0) is 107 Å². The number of benzene rings is 4. The molecule has 71 heavy (non-hydrogen) atoms. The Morgan fingerprint density at radius 1 is 0.634 bits per heavy atom. The minimum atomic E-state index is -4.91. The number of likely N-dealkylation sites (tertiary alicyclic amines) is 1.